The number of para-hydroxylation sites is 1. The molecule has 2 N–H and O–H groups in total. The third kappa shape index (κ3) is 3.95. The Kier molecular flexibility index (Phi) is 5.01. The van der Waals surface area contributed by atoms with Gasteiger partial charge in [-0.2, -0.15) is 15.1 Å². The highest BCUT2D eigenvalue weighted by Crippen LogP contribution is 2.36. The lowest BCUT2D eigenvalue weighted by atomic mass is 10.2. The van der Waals surface area contributed by atoms with Crippen LogP contribution in [0.2, 0.25) is 0 Å². The highest BCUT2D eigenvalue weighted by atomic mass is 16.7. The number of rotatable bonds is 7. The number of aromatic nitrogens is 4. The Morgan fingerprint density at radius 1 is 1.03 bits per heavy atom. The average Bonchev–Trinajstić information content (AvgIpc) is 3.41. The topological polar surface area (TPSA) is 89.4 Å². The van der Waals surface area contributed by atoms with Crippen molar-refractivity contribution in [2.75, 3.05) is 44.6 Å². The van der Waals surface area contributed by atoms with Gasteiger partial charge in [0, 0.05) is 24.8 Å². The van der Waals surface area contributed by atoms with Crippen molar-refractivity contribution < 1.29 is 9.47 Å². The number of nitrogens with zero attached hydrogens (tertiary/aromatic N) is 5. The Balaban J connectivity index is 1.54. The van der Waals surface area contributed by atoms with Crippen LogP contribution in [-0.2, 0) is 0 Å². The average molecular weight is 417 g/mol. The largest absolute Gasteiger partial charge is 0.454 e. The molecule has 3 heterocycles. The summed E-state index contributed by atoms with van der Waals surface area (Å²) in [5.74, 6) is 2.65. The van der Waals surface area contributed by atoms with Crippen LogP contribution >= 0.6 is 0 Å². The predicted octanol–water partition coefficient (Wildman–Crippen LogP) is 3.26. The summed E-state index contributed by atoms with van der Waals surface area (Å²) in [5.41, 5.74) is 2.50. The Bertz CT molecular complexity index is 1210. The molecule has 0 aliphatic carbocycles. The van der Waals surface area contributed by atoms with Crippen molar-refractivity contribution in [3.8, 4) is 17.2 Å². The quantitative estimate of drug-likeness (QED) is 0.474. The minimum absolute atomic E-state index is 0.236. The smallest absolute Gasteiger partial charge is 0.231 e. The summed E-state index contributed by atoms with van der Waals surface area (Å²) in [6.45, 7) is 1.83. The van der Waals surface area contributed by atoms with E-state index in [4.69, 9.17) is 19.4 Å². The molecule has 158 valence electrons. The lowest BCUT2D eigenvalue weighted by Gasteiger charge is -2.13. The summed E-state index contributed by atoms with van der Waals surface area (Å²) in [6, 6.07) is 15.6. The van der Waals surface area contributed by atoms with E-state index in [1.165, 1.54) is 0 Å². The molecule has 4 aromatic rings. The second-order valence-electron chi connectivity index (χ2n) is 7.45. The molecule has 1 aliphatic heterocycles. The van der Waals surface area contributed by atoms with Gasteiger partial charge in [-0.15, -0.1) is 0 Å². The summed E-state index contributed by atoms with van der Waals surface area (Å²) in [5, 5.41) is 12.1. The van der Waals surface area contributed by atoms with Gasteiger partial charge in [0.05, 0.1) is 17.3 Å². The van der Waals surface area contributed by atoms with Gasteiger partial charge in [0.15, 0.2) is 17.1 Å². The van der Waals surface area contributed by atoms with Crippen molar-refractivity contribution in [3.05, 3.63) is 54.7 Å². The zero-order valence-corrected chi connectivity index (χ0v) is 17.4. The van der Waals surface area contributed by atoms with Gasteiger partial charge in [-0.3, -0.25) is 0 Å². The maximum atomic E-state index is 5.50. The minimum Gasteiger partial charge on any atom is -0.454 e. The molecule has 0 amide bonds. The molecule has 0 radical (unpaired) electrons. The van der Waals surface area contributed by atoms with E-state index in [9.17, 15) is 0 Å². The summed E-state index contributed by atoms with van der Waals surface area (Å²) >= 11 is 0. The standard InChI is InChI=1S/C22H23N7O2/c1-28(2)11-10-23-22-26-20(25-15-8-9-18-19(12-15)31-14-30-18)17-13-24-29(21(17)27-22)16-6-4-3-5-7-16/h3-9,12-13H,10-11,14H2,1-2H3,(H2,23,25,26,27). The zero-order valence-electron chi connectivity index (χ0n) is 17.4. The van der Waals surface area contributed by atoms with Crippen LogP contribution in [0.5, 0.6) is 11.5 Å². The number of hydrogen-bond donors (Lipinski definition) is 2. The zero-order chi connectivity index (χ0) is 21.2. The lowest BCUT2D eigenvalue weighted by Crippen LogP contribution is -2.21. The second kappa shape index (κ2) is 8.11. The number of likely N-dealkylation sites (N-methyl/N-ethyl adjacent to an activating group) is 1. The van der Waals surface area contributed by atoms with E-state index in [0.717, 1.165) is 41.2 Å². The Morgan fingerprint density at radius 3 is 2.71 bits per heavy atom. The fourth-order valence-electron chi connectivity index (χ4n) is 3.34. The van der Waals surface area contributed by atoms with Crippen molar-refractivity contribution in [2.45, 2.75) is 0 Å². The van der Waals surface area contributed by atoms with Crippen LogP contribution in [0, 0.1) is 0 Å². The van der Waals surface area contributed by atoms with Crippen LogP contribution < -0.4 is 20.1 Å². The van der Waals surface area contributed by atoms with Crippen LogP contribution in [0.25, 0.3) is 16.7 Å². The maximum Gasteiger partial charge on any atom is 0.231 e. The van der Waals surface area contributed by atoms with Crippen LogP contribution in [0.1, 0.15) is 0 Å². The summed E-state index contributed by atoms with van der Waals surface area (Å²) in [6.07, 6.45) is 1.78. The molecule has 9 heteroatoms. The SMILES string of the molecule is CN(C)CCNc1nc(Nc2ccc3c(c2)OCO3)c2cnn(-c3ccccc3)c2n1. The first-order valence-corrected chi connectivity index (χ1v) is 10.0. The second-order valence-corrected chi connectivity index (χ2v) is 7.45. The van der Waals surface area contributed by atoms with Gasteiger partial charge < -0.3 is 25.0 Å². The Hall–Kier alpha value is -3.85. The van der Waals surface area contributed by atoms with Crippen LogP contribution in [0.3, 0.4) is 0 Å². The van der Waals surface area contributed by atoms with Gasteiger partial charge >= 0.3 is 0 Å². The van der Waals surface area contributed by atoms with E-state index in [2.05, 4.69) is 20.6 Å². The number of fused-ring (bicyclic) bond motifs is 2. The molecule has 0 saturated carbocycles. The van der Waals surface area contributed by atoms with E-state index in [0.29, 0.717) is 17.5 Å². The molecule has 0 bridgehead atoms. The van der Waals surface area contributed by atoms with Crippen molar-refractivity contribution >= 4 is 28.5 Å². The molecule has 0 atom stereocenters. The molecule has 2 aromatic heterocycles. The molecule has 2 aromatic carbocycles. The fraction of sp³-hybridized carbons (Fsp3) is 0.227. The number of anilines is 3. The molecular formula is C22H23N7O2. The molecule has 5 rings (SSSR count). The molecule has 0 spiro atoms. The first-order valence-electron chi connectivity index (χ1n) is 10.0. The van der Waals surface area contributed by atoms with Crippen molar-refractivity contribution in [1.82, 2.24) is 24.6 Å². The number of hydrogen-bond acceptors (Lipinski definition) is 8. The summed E-state index contributed by atoms with van der Waals surface area (Å²) in [4.78, 5) is 11.6. The highest BCUT2D eigenvalue weighted by molar-refractivity contribution is 5.90. The molecular weight excluding hydrogens is 394 g/mol. The Morgan fingerprint density at radius 2 is 1.87 bits per heavy atom. The van der Waals surface area contributed by atoms with Crippen molar-refractivity contribution in [3.63, 3.8) is 0 Å². The minimum atomic E-state index is 0.236. The first-order chi connectivity index (χ1) is 15.2. The van der Waals surface area contributed by atoms with E-state index in [1.807, 2.05) is 67.3 Å². The van der Waals surface area contributed by atoms with Gasteiger partial charge in [0.2, 0.25) is 12.7 Å². The molecule has 1 aliphatic rings. The van der Waals surface area contributed by atoms with Crippen LogP contribution in [-0.4, -0.2) is 58.6 Å². The highest BCUT2D eigenvalue weighted by Gasteiger charge is 2.17. The molecule has 0 fully saturated rings. The number of ether oxygens (including phenoxy) is 2. The van der Waals surface area contributed by atoms with E-state index in [-0.39, 0.29) is 6.79 Å². The van der Waals surface area contributed by atoms with Gasteiger partial charge in [0.25, 0.3) is 0 Å². The molecule has 31 heavy (non-hydrogen) atoms. The van der Waals surface area contributed by atoms with E-state index < -0.39 is 0 Å². The number of benzene rings is 2. The Labute approximate surface area is 179 Å². The molecule has 9 nitrogen and oxygen atoms in total. The van der Waals surface area contributed by atoms with E-state index in [1.54, 1.807) is 6.20 Å². The normalized spacial score (nSPS) is 12.5. The lowest BCUT2D eigenvalue weighted by molar-refractivity contribution is 0.174. The van der Waals surface area contributed by atoms with Crippen LogP contribution in [0.4, 0.5) is 17.5 Å². The van der Waals surface area contributed by atoms with Gasteiger partial charge in [-0.1, -0.05) is 18.2 Å². The predicted molar refractivity (Wildman–Crippen MR) is 120 cm³/mol. The van der Waals surface area contributed by atoms with Gasteiger partial charge in [-0.05, 0) is 38.4 Å². The summed E-state index contributed by atoms with van der Waals surface area (Å²) < 4.78 is 12.7. The third-order valence-corrected chi connectivity index (χ3v) is 4.91. The monoisotopic (exact) mass is 417 g/mol. The van der Waals surface area contributed by atoms with Crippen molar-refractivity contribution in [2.24, 2.45) is 0 Å². The molecule has 0 saturated heterocycles. The van der Waals surface area contributed by atoms with Crippen LogP contribution in [0.15, 0.2) is 54.7 Å². The first kappa shape index (κ1) is 19.1. The maximum absolute atomic E-state index is 5.50. The van der Waals surface area contributed by atoms with Gasteiger partial charge in [-0.25, -0.2) is 4.68 Å². The van der Waals surface area contributed by atoms with E-state index >= 15 is 0 Å². The molecule has 0 unspecified atom stereocenters. The van der Waals surface area contributed by atoms with Gasteiger partial charge in [0.1, 0.15) is 5.82 Å². The summed E-state index contributed by atoms with van der Waals surface area (Å²) in [7, 11) is 4.06. The third-order valence-electron chi connectivity index (χ3n) is 4.91. The van der Waals surface area contributed by atoms with Crippen molar-refractivity contribution in [1.29, 1.82) is 0 Å². The number of nitrogens with one attached hydrogen (secondary N) is 2. The fourth-order valence-corrected chi connectivity index (χ4v) is 3.34.